The smallest absolute Gasteiger partial charge is 0.000784 e. The van der Waals surface area contributed by atoms with Crippen LogP contribution in [-0.2, 0) is 0 Å². The number of hydrogen-bond acceptors (Lipinski definition) is 0. The van der Waals surface area contributed by atoms with E-state index in [-0.39, 0.29) is 4.75 Å². The molecule has 0 heterocycles. The molecule has 0 radical (unpaired) electrons. The van der Waals surface area contributed by atoms with E-state index in [1.54, 1.807) is 0 Å². The second-order valence-electron chi connectivity index (χ2n) is 5.64. The molecule has 0 amide bonds. The van der Waals surface area contributed by atoms with E-state index in [0.29, 0.717) is 0 Å². The number of allylic oxidation sites excluding steroid dienone is 4. The van der Waals surface area contributed by atoms with Gasteiger partial charge in [-0.2, -0.15) is 10.0 Å². The first kappa shape index (κ1) is 19.8. The topological polar surface area (TPSA) is 0 Å². The molecule has 0 saturated heterocycles. The van der Waals surface area contributed by atoms with Gasteiger partial charge in [0, 0.05) is 0 Å². The molecule has 0 aliphatic heterocycles. The van der Waals surface area contributed by atoms with Gasteiger partial charge >= 0.3 is 0 Å². The Morgan fingerprint density at radius 1 is 1.10 bits per heavy atom. The lowest BCUT2D eigenvalue weighted by Crippen LogP contribution is -2.25. The van der Waals surface area contributed by atoms with Gasteiger partial charge in [-0.15, -0.1) is 0 Å². The van der Waals surface area contributed by atoms with Gasteiger partial charge in [-0.3, -0.25) is 0 Å². The van der Waals surface area contributed by atoms with Gasteiger partial charge < -0.3 is 0 Å². The van der Waals surface area contributed by atoms with Crippen molar-refractivity contribution < 1.29 is 0 Å². The summed E-state index contributed by atoms with van der Waals surface area (Å²) in [7, 11) is -1.11. The fourth-order valence-electron chi connectivity index (χ4n) is 2.10. The van der Waals surface area contributed by atoms with E-state index in [2.05, 4.69) is 82.2 Å². The summed E-state index contributed by atoms with van der Waals surface area (Å²) in [6.45, 7) is 17.0. The Labute approximate surface area is 134 Å². The zero-order chi connectivity index (χ0) is 16.5. The largest absolute Gasteiger partial charge is 0.186 e. The summed E-state index contributed by atoms with van der Waals surface area (Å²) in [5.74, 6) is 0. The molecule has 1 unspecified atom stereocenters. The predicted octanol–water partition coefficient (Wildman–Crippen LogP) is 6.95. The first-order chi connectivity index (χ1) is 9.87. The van der Waals surface area contributed by atoms with Crippen LogP contribution in [0.3, 0.4) is 0 Å². The summed E-state index contributed by atoms with van der Waals surface area (Å²) in [5, 5.41) is 0. The molecule has 0 aliphatic rings. The SMILES string of the molecule is C=C/C(=C\C=C/C)S(C)(c1ccccc1)C(C)(C)C.CC. The third kappa shape index (κ3) is 4.64. The van der Waals surface area contributed by atoms with E-state index in [4.69, 9.17) is 0 Å². The van der Waals surface area contributed by atoms with E-state index < -0.39 is 10.0 Å². The van der Waals surface area contributed by atoms with Crippen LogP contribution < -0.4 is 0 Å². The minimum absolute atomic E-state index is 0.190. The standard InChI is InChI=1S/C18H26S.C2H6/c1-7-9-13-16(8-2)19(6,18(3,4)5)17-14-11-10-12-15-17;1-2/h7-15H,2H2,1,3-6H3;1-2H3/b9-7-,16-13+;. The Hall–Kier alpha value is -1.21. The highest BCUT2D eigenvalue weighted by Gasteiger charge is 2.35. The maximum atomic E-state index is 4.04. The molecule has 118 valence electrons. The van der Waals surface area contributed by atoms with Gasteiger partial charge in [-0.25, -0.2) is 0 Å². The molecule has 0 spiro atoms. The van der Waals surface area contributed by atoms with Crippen LogP contribution in [0.25, 0.3) is 0 Å². The van der Waals surface area contributed by atoms with Gasteiger partial charge in [0.15, 0.2) is 0 Å². The summed E-state index contributed by atoms with van der Waals surface area (Å²) in [4.78, 5) is 2.75. The summed E-state index contributed by atoms with van der Waals surface area (Å²) in [6, 6.07) is 10.8. The molecule has 1 heteroatoms. The molecular weight excluding hydrogens is 272 g/mol. The van der Waals surface area contributed by atoms with Crippen LogP contribution in [0.2, 0.25) is 0 Å². The van der Waals surface area contributed by atoms with Crippen molar-refractivity contribution in [2.45, 2.75) is 51.2 Å². The van der Waals surface area contributed by atoms with Crippen molar-refractivity contribution in [3.63, 3.8) is 0 Å². The van der Waals surface area contributed by atoms with Crippen LogP contribution >= 0.6 is 10.0 Å². The highest BCUT2D eigenvalue weighted by atomic mass is 32.3. The zero-order valence-electron chi connectivity index (χ0n) is 14.8. The number of benzene rings is 1. The van der Waals surface area contributed by atoms with Gasteiger partial charge in [0.05, 0.1) is 0 Å². The lowest BCUT2D eigenvalue weighted by atomic mass is 10.3. The first-order valence-corrected chi connectivity index (χ1v) is 9.70. The average Bonchev–Trinajstić information content (AvgIpc) is 2.49. The van der Waals surface area contributed by atoms with Gasteiger partial charge in [0.2, 0.25) is 0 Å². The molecule has 0 aliphatic carbocycles. The van der Waals surface area contributed by atoms with E-state index in [9.17, 15) is 0 Å². The monoisotopic (exact) mass is 304 g/mol. The molecule has 0 bridgehead atoms. The molecule has 21 heavy (non-hydrogen) atoms. The Balaban J connectivity index is 0.00000191. The third-order valence-corrected chi connectivity index (χ3v) is 8.47. The van der Waals surface area contributed by atoms with Crippen molar-refractivity contribution in [3.05, 3.63) is 66.1 Å². The average molecular weight is 305 g/mol. The minimum Gasteiger partial charge on any atom is -0.186 e. The lowest BCUT2D eigenvalue weighted by molar-refractivity contribution is 0.787. The van der Waals surface area contributed by atoms with Crippen molar-refractivity contribution in [3.8, 4) is 0 Å². The van der Waals surface area contributed by atoms with Crippen LogP contribution in [0.5, 0.6) is 0 Å². The molecule has 0 nitrogen and oxygen atoms in total. The Kier molecular flexibility index (Phi) is 8.43. The molecule has 1 rings (SSSR count). The highest BCUT2D eigenvalue weighted by molar-refractivity contribution is 8.37. The van der Waals surface area contributed by atoms with Gasteiger partial charge in [0.25, 0.3) is 0 Å². The molecule has 0 aromatic heterocycles. The van der Waals surface area contributed by atoms with Crippen molar-refractivity contribution in [2.24, 2.45) is 0 Å². The lowest BCUT2D eigenvalue weighted by Gasteiger charge is -2.49. The first-order valence-electron chi connectivity index (χ1n) is 7.66. The van der Waals surface area contributed by atoms with Gasteiger partial charge in [-0.1, -0.05) is 83.7 Å². The van der Waals surface area contributed by atoms with Crippen molar-refractivity contribution in [2.75, 3.05) is 6.26 Å². The maximum Gasteiger partial charge on any atom is -0.000784 e. The predicted molar refractivity (Wildman–Crippen MR) is 102 cm³/mol. The Morgan fingerprint density at radius 3 is 2.00 bits per heavy atom. The highest BCUT2D eigenvalue weighted by Crippen LogP contribution is 2.68. The molecule has 1 atom stereocenters. The van der Waals surface area contributed by atoms with Crippen LogP contribution in [0.4, 0.5) is 0 Å². The zero-order valence-corrected chi connectivity index (χ0v) is 15.6. The van der Waals surface area contributed by atoms with E-state index in [1.807, 2.05) is 26.8 Å². The van der Waals surface area contributed by atoms with E-state index in [1.165, 1.54) is 9.80 Å². The quantitative estimate of drug-likeness (QED) is 0.528. The second-order valence-corrected chi connectivity index (χ2v) is 9.65. The van der Waals surface area contributed by atoms with Crippen LogP contribution in [0.1, 0.15) is 41.5 Å². The molecular formula is C20H32S. The van der Waals surface area contributed by atoms with Crippen molar-refractivity contribution in [1.82, 2.24) is 0 Å². The summed E-state index contributed by atoms with van der Waals surface area (Å²) >= 11 is 0. The summed E-state index contributed by atoms with van der Waals surface area (Å²) in [6.07, 6.45) is 10.8. The van der Waals surface area contributed by atoms with E-state index in [0.717, 1.165) is 0 Å². The van der Waals surface area contributed by atoms with Crippen LogP contribution in [0.15, 0.2) is 71.0 Å². The molecule has 0 N–H and O–H groups in total. The van der Waals surface area contributed by atoms with Crippen LogP contribution in [-0.4, -0.2) is 11.0 Å². The third-order valence-electron chi connectivity index (χ3n) is 3.56. The Morgan fingerprint density at radius 2 is 1.62 bits per heavy atom. The molecule has 1 aromatic carbocycles. The minimum atomic E-state index is -1.11. The van der Waals surface area contributed by atoms with Gasteiger partial charge in [0.1, 0.15) is 0 Å². The van der Waals surface area contributed by atoms with Crippen LogP contribution in [0, 0.1) is 0 Å². The van der Waals surface area contributed by atoms with Crippen molar-refractivity contribution >= 4 is 10.0 Å². The normalized spacial score (nSPS) is 16.6. The second kappa shape index (κ2) is 8.94. The van der Waals surface area contributed by atoms with E-state index >= 15 is 0 Å². The molecule has 0 saturated carbocycles. The number of hydrogen-bond donors (Lipinski definition) is 0. The maximum absolute atomic E-state index is 4.04. The molecule has 0 fully saturated rings. The Bertz CT molecular complexity index is 474. The fourth-order valence-corrected chi connectivity index (χ4v) is 5.17. The number of rotatable bonds is 4. The molecule has 1 aromatic rings. The summed E-state index contributed by atoms with van der Waals surface area (Å²) < 4.78 is 0.190. The fraction of sp³-hybridized carbons (Fsp3) is 0.400. The van der Waals surface area contributed by atoms with Gasteiger partial charge in [-0.05, 0) is 39.9 Å². The van der Waals surface area contributed by atoms with Crippen molar-refractivity contribution in [1.29, 1.82) is 0 Å². The summed E-state index contributed by atoms with van der Waals surface area (Å²) in [5.41, 5.74) is 0.